The highest BCUT2D eigenvalue weighted by atomic mass is 16.4. The summed E-state index contributed by atoms with van der Waals surface area (Å²) in [6.45, 7) is 1.20. The number of carbonyl (C=O) groups is 2. The highest BCUT2D eigenvalue weighted by Gasteiger charge is 2.38. The summed E-state index contributed by atoms with van der Waals surface area (Å²) in [7, 11) is 3.76. The van der Waals surface area contributed by atoms with Gasteiger partial charge in [-0.25, -0.2) is 9.59 Å². The summed E-state index contributed by atoms with van der Waals surface area (Å²) >= 11 is 0. The molecule has 0 bridgehead atoms. The molecule has 17 heavy (non-hydrogen) atoms. The van der Waals surface area contributed by atoms with Crippen LogP contribution in [0.15, 0.2) is 0 Å². The molecule has 1 rings (SSSR count). The first-order valence-corrected chi connectivity index (χ1v) is 5.52. The first-order chi connectivity index (χ1) is 7.91. The normalized spacial score (nSPS) is 24.1. The van der Waals surface area contributed by atoms with Crippen LogP contribution >= 0.6 is 0 Å². The van der Waals surface area contributed by atoms with Crippen molar-refractivity contribution in [3.8, 4) is 0 Å². The maximum Gasteiger partial charge on any atom is 0.326 e. The Kier molecular flexibility index (Phi) is 4.71. The minimum absolute atomic E-state index is 0.0742. The molecule has 0 aromatic carbocycles. The minimum atomic E-state index is -1.08. The zero-order valence-electron chi connectivity index (χ0n) is 10.1. The molecule has 2 atom stereocenters. The Balaban J connectivity index is 2.47. The van der Waals surface area contributed by atoms with Crippen molar-refractivity contribution in [1.82, 2.24) is 15.1 Å². The van der Waals surface area contributed by atoms with Crippen molar-refractivity contribution in [3.05, 3.63) is 0 Å². The van der Waals surface area contributed by atoms with E-state index in [1.54, 1.807) is 0 Å². The van der Waals surface area contributed by atoms with Crippen molar-refractivity contribution in [2.75, 3.05) is 33.7 Å². The van der Waals surface area contributed by atoms with E-state index in [4.69, 9.17) is 5.11 Å². The van der Waals surface area contributed by atoms with Crippen LogP contribution in [0.4, 0.5) is 4.79 Å². The molecule has 7 nitrogen and oxygen atoms in total. The monoisotopic (exact) mass is 245 g/mol. The van der Waals surface area contributed by atoms with Gasteiger partial charge in [0.2, 0.25) is 0 Å². The lowest BCUT2D eigenvalue weighted by Gasteiger charge is -2.22. The molecule has 0 radical (unpaired) electrons. The highest BCUT2D eigenvalue weighted by molar-refractivity contribution is 5.83. The fraction of sp³-hybridized carbons (Fsp3) is 0.800. The lowest BCUT2D eigenvalue weighted by molar-refractivity contribution is -0.141. The molecule has 98 valence electrons. The Bertz CT molecular complexity index is 295. The average molecular weight is 245 g/mol. The molecule has 0 saturated carbocycles. The first-order valence-electron chi connectivity index (χ1n) is 5.52. The quantitative estimate of drug-likeness (QED) is 0.577. The van der Waals surface area contributed by atoms with Gasteiger partial charge in [-0.1, -0.05) is 0 Å². The van der Waals surface area contributed by atoms with Crippen molar-refractivity contribution in [2.24, 2.45) is 0 Å². The van der Waals surface area contributed by atoms with Crippen LogP contribution in [-0.2, 0) is 4.79 Å². The number of hydrogen-bond acceptors (Lipinski definition) is 4. The zero-order chi connectivity index (χ0) is 13.0. The highest BCUT2D eigenvalue weighted by Crippen LogP contribution is 2.17. The Labute approximate surface area is 100.0 Å². The number of carbonyl (C=O) groups excluding carboxylic acids is 1. The molecule has 1 aliphatic heterocycles. The topological polar surface area (TPSA) is 93.1 Å². The first kappa shape index (κ1) is 13.7. The van der Waals surface area contributed by atoms with E-state index in [2.05, 4.69) is 5.32 Å². The van der Waals surface area contributed by atoms with Crippen LogP contribution in [0, 0.1) is 0 Å². The number of aliphatic carboxylic acids is 1. The SMILES string of the molecule is CN(C)CCNC(=O)N1C[C@H](O)C[C@H]1C(=O)O. The van der Waals surface area contributed by atoms with E-state index in [1.165, 1.54) is 4.90 Å². The Morgan fingerprint density at radius 1 is 1.47 bits per heavy atom. The lowest BCUT2D eigenvalue weighted by atomic mass is 10.2. The third-order valence-electron chi connectivity index (χ3n) is 2.66. The van der Waals surface area contributed by atoms with Crippen LogP contribution in [-0.4, -0.2) is 77.9 Å². The fourth-order valence-corrected chi connectivity index (χ4v) is 1.76. The molecular formula is C10H19N3O4. The lowest BCUT2D eigenvalue weighted by Crippen LogP contribution is -2.47. The third-order valence-corrected chi connectivity index (χ3v) is 2.66. The predicted molar refractivity (Wildman–Crippen MR) is 60.7 cm³/mol. The van der Waals surface area contributed by atoms with Crippen LogP contribution in [0.5, 0.6) is 0 Å². The molecule has 1 heterocycles. The van der Waals surface area contributed by atoms with Crippen molar-refractivity contribution < 1.29 is 19.8 Å². The molecule has 1 saturated heterocycles. The number of urea groups is 1. The van der Waals surface area contributed by atoms with Crippen molar-refractivity contribution in [2.45, 2.75) is 18.6 Å². The van der Waals surface area contributed by atoms with Gasteiger partial charge in [-0.05, 0) is 14.1 Å². The second-order valence-corrected chi connectivity index (χ2v) is 4.43. The van der Waals surface area contributed by atoms with E-state index in [1.807, 2.05) is 19.0 Å². The van der Waals surface area contributed by atoms with Gasteiger partial charge in [0.05, 0.1) is 6.10 Å². The average Bonchev–Trinajstić information content (AvgIpc) is 2.59. The number of likely N-dealkylation sites (N-methyl/N-ethyl adjacent to an activating group) is 1. The number of hydrogen-bond donors (Lipinski definition) is 3. The number of aliphatic hydroxyl groups is 1. The van der Waals surface area contributed by atoms with Gasteiger partial charge in [-0.2, -0.15) is 0 Å². The molecule has 0 aromatic rings. The maximum absolute atomic E-state index is 11.7. The van der Waals surface area contributed by atoms with Crippen LogP contribution in [0.2, 0.25) is 0 Å². The van der Waals surface area contributed by atoms with E-state index < -0.39 is 24.1 Å². The van der Waals surface area contributed by atoms with E-state index in [0.717, 1.165) is 0 Å². The minimum Gasteiger partial charge on any atom is -0.480 e. The van der Waals surface area contributed by atoms with Gasteiger partial charge < -0.3 is 25.3 Å². The fourth-order valence-electron chi connectivity index (χ4n) is 1.76. The van der Waals surface area contributed by atoms with Crippen LogP contribution in [0.3, 0.4) is 0 Å². The van der Waals surface area contributed by atoms with Gasteiger partial charge in [0.15, 0.2) is 0 Å². The standard InChI is InChI=1S/C10H19N3O4/c1-12(2)4-3-11-10(17)13-6-7(14)5-8(13)9(15)16/h7-8,14H,3-6H2,1-2H3,(H,11,17)(H,15,16)/t7-,8+/m1/s1. The molecule has 7 heteroatoms. The molecular weight excluding hydrogens is 226 g/mol. The molecule has 2 amide bonds. The molecule has 1 fully saturated rings. The number of rotatable bonds is 4. The van der Waals surface area contributed by atoms with E-state index in [-0.39, 0.29) is 13.0 Å². The largest absolute Gasteiger partial charge is 0.480 e. The van der Waals surface area contributed by atoms with Crippen LogP contribution < -0.4 is 5.32 Å². The molecule has 3 N–H and O–H groups in total. The summed E-state index contributed by atoms with van der Waals surface area (Å²) < 4.78 is 0. The van der Waals surface area contributed by atoms with E-state index >= 15 is 0 Å². The van der Waals surface area contributed by atoms with Crippen molar-refractivity contribution in [1.29, 1.82) is 0 Å². The second kappa shape index (κ2) is 5.83. The molecule has 0 unspecified atom stereocenters. The summed E-state index contributed by atoms with van der Waals surface area (Å²) in [6.07, 6.45) is -0.660. The van der Waals surface area contributed by atoms with Crippen molar-refractivity contribution >= 4 is 12.0 Å². The van der Waals surface area contributed by atoms with Gasteiger partial charge in [0, 0.05) is 26.1 Å². The maximum atomic E-state index is 11.7. The number of nitrogens with zero attached hydrogens (tertiary/aromatic N) is 2. The Hall–Kier alpha value is -1.34. The smallest absolute Gasteiger partial charge is 0.326 e. The number of aliphatic hydroxyl groups excluding tert-OH is 1. The van der Waals surface area contributed by atoms with Gasteiger partial charge in [0.1, 0.15) is 6.04 Å². The van der Waals surface area contributed by atoms with E-state index in [0.29, 0.717) is 13.1 Å². The number of nitrogens with one attached hydrogen (secondary N) is 1. The van der Waals surface area contributed by atoms with Crippen LogP contribution in [0.25, 0.3) is 0 Å². The Morgan fingerprint density at radius 2 is 2.12 bits per heavy atom. The van der Waals surface area contributed by atoms with Crippen LogP contribution in [0.1, 0.15) is 6.42 Å². The number of β-amino-alcohol motifs (C(OH)–C–C–N with tert-alkyl or cyclic N) is 1. The third kappa shape index (κ3) is 3.86. The molecule has 0 spiro atoms. The molecule has 1 aliphatic rings. The second-order valence-electron chi connectivity index (χ2n) is 4.43. The number of carboxylic acid groups (broad SMARTS) is 1. The van der Waals surface area contributed by atoms with E-state index in [9.17, 15) is 14.7 Å². The number of likely N-dealkylation sites (tertiary alicyclic amines) is 1. The zero-order valence-corrected chi connectivity index (χ0v) is 10.1. The molecule has 0 aromatic heterocycles. The number of amides is 2. The summed E-state index contributed by atoms with van der Waals surface area (Å²) in [5.41, 5.74) is 0. The summed E-state index contributed by atoms with van der Waals surface area (Å²) in [6, 6.07) is -1.36. The number of carboxylic acids is 1. The summed E-state index contributed by atoms with van der Waals surface area (Å²) in [5.74, 6) is -1.08. The molecule has 0 aliphatic carbocycles. The van der Waals surface area contributed by atoms with Gasteiger partial charge in [-0.15, -0.1) is 0 Å². The van der Waals surface area contributed by atoms with Gasteiger partial charge in [0.25, 0.3) is 0 Å². The predicted octanol–water partition coefficient (Wildman–Crippen LogP) is -1.22. The summed E-state index contributed by atoms with van der Waals surface area (Å²) in [5, 5.41) is 20.9. The van der Waals surface area contributed by atoms with Gasteiger partial charge >= 0.3 is 12.0 Å². The Morgan fingerprint density at radius 3 is 2.65 bits per heavy atom. The van der Waals surface area contributed by atoms with Crippen molar-refractivity contribution in [3.63, 3.8) is 0 Å². The van der Waals surface area contributed by atoms with Gasteiger partial charge in [-0.3, -0.25) is 0 Å². The summed E-state index contributed by atoms with van der Waals surface area (Å²) in [4.78, 5) is 25.7.